The summed E-state index contributed by atoms with van der Waals surface area (Å²) >= 11 is 5.47. The second-order valence-corrected chi connectivity index (χ2v) is 6.25. The molecule has 0 heterocycles. The summed E-state index contributed by atoms with van der Waals surface area (Å²) < 4.78 is 0. The Kier molecular flexibility index (Phi) is 5.92. The molecule has 1 atom stereocenters. The van der Waals surface area contributed by atoms with Gasteiger partial charge in [-0.3, -0.25) is 0 Å². The Morgan fingerprint density at radius 2 is 1.68 bits per heavy atom. The van der Waals surface area contributed by atoms with Crippen LogP contribution in [0.5, 0.6) is 0 Å². The first kappa shape index (κ1) is 16.5. The fourth-order valence-electron chi connectivity index (χ4n) is 2.31. The first-order valence-corrected chi connectivity index (χ1v) is 7.93. The zero-order valence-electron chi connectivity index (χ0n) is 13.4. The van der Waals surface area contributed by atoms with E-state index in [4.69, 9.17) is 12.2 Å². The van der Waals surface area contributed by atoms with E-state index >= 15 is 0 Å². The Hall–Kier alpha value is -1.91. The normalized spacial score (nSPS) is 12.0. The Morgan fingerprint density at radius 3 is 2.27 bits per heavy atom. The summed E-state index contributed by atoms with van der Waals surface area (Å²) in [5.41, 5.74) is 3.49. The standard InChI is InChI=1S/C18H23N3S/c1-14-9-11-16(12-10-14)19-18(22)20-17(13-21(2)3)15-7-5-4-6-8-15/h4-12,17H,13H2,1-3H3,(H2,19,20,22)/p+1/t17-/m1/s1. The predicted molar refractivity (Wildman–Crippen MR) is 97.4 cm³/mol. The molecule has 2 aromatic rings. The van der Waals surface area contributed by atoms with Crippen LogP contribution in [0.1, 0.15) is 17.2 Å². The summed E-state index contributed by atoms with van der Waals surface area (Å²) in [6.45, 7) is 3.03. The number of hydrogen-bond acceptors (Lipinski definition) is 1. The van der Waals surface area contributed by atoms with Gasteiger partial charge in [0.1, 0.15) is 12.6 Å². The largest absolute Gasteiger partial charge is 0.350 e. The van der Waals surface area contributed by atoms with Gasteiger partial charge in [-0.2, -0.15) is 0 Å². The van der Waals surface area contributed by atoms with E-state index < -0.39 is 0 Å². The molecule has 0 aliphatic carbocycles. The van der Waals surface area contributed by atoms with Gasteiger partial charge in [0.05, 0.1) is 14.1 Å². The molecule has 0 fully saturated rings. The SMILES string of the molecule is Cc1ccc(NC(=S)N[C@H](C[NH+](C)C)c2ccccc2)cc1. The maximum Gasteiger partial charge on any atom is 0.171 e. The number of nitrogens with one attached hydrogen (secondary N) is 3. The summed E-state index contributed by atoms with van der Waals surface area (Å²) in [5.74, 6) is 0. The molecule has 0 unspecified atom stereocenters. The number of hydrogen-bond donors (Lipinski definition) is 3. The van der Waals surface area contributed by atoms with E-state index in [1.807, 2.05) is 18.2 Å². The van der Waals surface area contributed by atoms with Crippen molar-refractivity contribution in [1.29, 1.82) is 0 Å². The Morgan fingerprint density at radius 1 is 1.05 bits per heavy atom. The minimum atomic E-state index is 0.191. The van der Waals surface area contributed by atoms with Crippen molar-refractivity contribution >= 4 is 23.0 Å². The van der Waals surface area contributed by atoms with Crippen molar-refractivity contribution < 1.29 is 4.90 Å². The van der Waals surface area contributed by atoms with Gasteiger partial charge < -0.3 is 15.5 Å². The lowest BCUT2D eigenvalue weighted by atomic mass is 10.1. The first-order chi connectivity index (χ1) is 10.5. The number of aryl methyl sites for hydroxylation is 1. The third-order valence-corrected chi connectivity index (χ3v) is 3.65. The number of anilines is 1. The molecule has 3 N–H and O–H groups in total. The maximum atomic E-state index is 5.47. The average Bonchev–Trinajstić information content (AvgIpc) is 2.49. The second kappa shape index (κ2) is 7.92. The number of likely N-dealkylation sites (N-methyl/N-ethyl adjacent to an activating group) is 1. The van der Waals surface area contributed by atoms with Crippen molar-refractivity contribution in [2.45, 2.75) is 13.0 Å². The van der Waals surface area contributed by atoms with Crippen molar-refractivity contribution in [3.8, 4) is 0 Å². The van der Waals surface area contributed by atoms with Gasteiger partial charge in [-0.25, -0.2) is 0 Å². The van der Waals surface area contributed by atoms with E-state index in [1.54, 1.807) is 0 Å². The molecule has 0 amide bonds. The molecule has 116 valence electrons. The first-order valence-electron chi connectivity index (χ1n) is 7.53. The molecular formula is C18H24N3S+. The van der Waals surface area contributed by atoms with Crippen LogP contribution < -0.4 is 15.5 Å². The molecule has 4 heteroatoms. The average molecular weight is 314 g/mol. The Balaban J connectivity index is 2.03. The van der Waals surface area contributed by atoms with Gasteiger partial charge in [-0.15, -0.1) is 0 Å². The number of rotatable bonds is 5. The lowest BCUT2D eigenvalue weighted by molar-refractivity contribution is -0.860. The molecule has 3 nitrogen and oxygen atoms in total. The topological polar surface area (TPSA) is 28.5 Å². The zero-order valence-corrected chi connectivity index (χ0v) is 14.2. The van der Waals surface area contributed by atoms with Gasteiger partial charge in [0.25, 0.3) is 0 Å². The highest BCUT2D eigenvalue weighted by Gasteiger charge is 2.15. The maximum absolute atomic E-state index is 5.47. The van der Waals surface area contributed by atoms with Crippen LogP contribution in [0, 0.1) is 6.92 Å². The predicted octanol–water partition coefficient (Wildman–Crippen LogP) is 2.17. The van der Waals surface area contributed by atoms with E-state index in [9.17, 15) is 0 Å². The lowest BCUT2D eigenvalue weighted by Gasteiger charge is -2.22. The van der Waals surface area contributed by atoms with E-state index in [0.29, 0.717) is 5.11 Å². The summed E-state index contributed by atoms with van der Waals surface area (Å²) in [5, 5.41) is 7.33. The summed E-state index contributed by atoms with van der Waals surface area (Å²) in [7, 11) is 4.29. The summed E-state index contributed by atoms with van der Waals surface area (Å²) in [6.07, 6.45) is 0. The van der Waals surface area contributed by atoms with Gasteiger partial charge in [0.15, 0.2) is 5.11 Å². The van der Waals surface area contributed by atoms with Crippen LogP contribution in [0.3, 0.4) is 0 Å². The molecule has 22 heavy (non-hydrogen) atoms. The summed E-state index contributed by atoms with van der Waals surface area (Å²) in [6, 6.07) is 18.8. The Labute approximate surface area is 138 Å². The van der Waals surface area contributed by atoms with Gasteiger partial charge in [0.2, 0.25) is 0 Å². The molecule has 0 aromatic heterocycles. The molecular weight excluding hydrogens is 290 g/mol. The molecule has 0 spiro atoms. The molecule has 0 saturated heterocycles. The van der Waals surface area contributed by atoms with E-state index in [-0.39, 0.29) is 6.04 Å². The third kappa shape index (κ3) is 5.13. The molecule has 0 aliphatic heterocycles. The van der Waals surface area contributed by atoms with Crippen LogP contribution in [0.4, 0.5) is 5.69 Å². The van der Waals surface area contributed by atoms with Crippen LogP contribution in [-0.2, 0) is 0 Å². The summed E-state index contributed by atoms with van der Waals surface area (Å²) in [4.78, 5) is 1.37. The highest BCUT2D eigenvalue weighted by molar-refractivity contribution is 7.80. The van der Waals surface area contributed by atoms with Crippen molar-refractivity contribution in [2.75, 3.05) is 26.0 Å². The second-order valence-electron chi connectivity index (χ2n) is 5.84. The van der Waals surface area contributed by atoms with Crippen LogP contribution in [0.15, 0.2) is 54.6 Å². The monoisotopic (exact) mass is 314 g/mol. The Bertz CT molecular complexity index is 593. The van der Waals surface area contributed by atoms with Crippen molar-refractivity contribution in [2.24, 2.45) is 0 Å². The van der Waals surface area contributed by atoms with Gasteiger partial charge >= 0.3 is 0 Å². The quantitative estimate of drug-likeness (QED) is 0.739. The third-order valence-electron chi connectivity index (χ3n) is 3.43. The van der Waals surface area contributed by atoms with Crippen LogP contribution in [0.2, 0.25) is 0 Å². The van der Waals surface area contributed by atoms with Crippen LogP contribution >= 0.6 is 12.2 Å². The van der Waals surface area contributed by atoms with Crippen LogP contribution in [-0.4, -0.2) is 25.8 Å². The fourth-order valence-corrected chi connectivity index (χ4v) is 2.57. The van der Waals surface area contributed by atoms with Crippen molar-refractivity contribution in [1.82, 2.24) is 5.32 Å². The number of benzene rings is 2. The molecule has 0 saturated carbocycles. The molecule has 0 radical (unpaired) electrons. The van der Waals surface area contributed by atoms with E-state index in [1.165, 1.54) is 16.0 Å². The minimum absolute atomic E-state index is 0.191. The lowest BCUT2D eigenvalue weighted by Crippen LogP contribution is -3.06. The van der Waals surface area contributed by atoms with Crippen molar-refractivity contribution in [3.05, 3.63) is 65.7 Å². The highest BCUT2D eigenvalue weighted by atomic mass is 32.1. The van der Waals surface area contributed by atoms with Crippen molar-refractivity contribution in [3.63, 3.8) is 0 Å². The minimum Gasteiger partial charge on any atom is -0.350 e. The number of thiocarbonyl (C=S) groups is 1. The van der Waals surface area contributed by atoms with Gasteiger partial charge in [-0.1, -0.05) is 48.0 Å². The fraction of sp³-hybridized carbons (Fsp3) is 0.278. The molecule has 0 bridgehead atoms. The van der Waals surface area contributed by atoms with E-state index in [0.717, 1.165) is 12.2 Å². The van der Waals surface area contributed by atoms with Gasteiger partial charge in [0, 0.05) is 5.69 Å². The van der Waals surface area contributed by atoms with E-state index in [2.05, 4.69) is 68.1 Å². The van der Waals surface area contributed by atoms with Crippen LogP contribution in [0.25, 0.3) is 0 Å². The smallest absolute Gasteiger partial charge is 0.171 e. The highest BCUT2D eigenvalue weighted by Crippen LogP contribution is 2.12. The zero-order chi connectivity index (χ0) is 15.9. The number of quaternary nitrogens is 1. The molecule has 2 rings (SSSR count). The van der Waals surface area contributed by atoms with Gasteiger partial charge in [-0.05, 0) is 36.8 Å². The molecule has 0 aliphatic rings. The molecule has 2 aromatic carbocycles.